The van der Waals surface area contributed by atoms with E-state index in [1.54, 1.807) is 0 Å². The molecule has 0 radical (unpaired) electrons. The van der Waals surface area contributed by atoms with Crippen LogP contribution in [0.4, 0.5) is 5.69 Å². The summed E-state index contributed by atoms with van der Waals surface area (Å²) in [5.41, 5.74) is 0.811. The zero-order valence-electron chi connectivity index (χ0n) is 10.1. The van der Waals surface area contributed by atoms with Gasteiger partial charge in [0.1, 0.15) is 0 Å². The van der Waals surface area contributed by atoms with E-state index in [0.717, 1.165) is 17.0 Å². The van der Waals surface area contributed by atoms with Crippen LogP contribution in [0.1, 0.15) is 19.8 Å². The smallest absolute Gasteiger partial charge is 0.307 e. The molecule has 0 saturated carbocycles. The van der Waals surface area contributed by atoms with Crippen LogP contribution < -0.4 is 5.32 Å². The lowest BCUT2D eigenvalue weighted by Crippen LogP contribution is -2.31. The maximum absolute atomic E-state index is 11.8. The lowest BCUT2D eigenvalue weighted by Gasteiger charge is -2.23. The third-order valence-electron chi connectivity index (χ3n) is 2.53. The number of hydrogen-bond donors (Lipinski definition) is 1. The van der Waals surface area contributed by atoms with Gasteiger partial charge in [0, 0.05) is 4.90 Å². The van der Waals surface area contributed by atoms with Crippen LogP contribution in [0.5, 0.6) is 0 Å². The number of benzene rings is 1. The summed E-state index contributed by atoms with van der Waals surface area (Å²) in [5.74, 6) is -0.448. The molecule has 0 aromatic heterocycles. The Morgan fingerprint density at radius 2 is 2.22 bits per heavy atom. The predicted octanol–water partition coefficient (Wildman–Crippen LogP) is 2.44. The highest BCUT2D eigenvalue weighted by atomic mass is 32.2. The summed E-state index contributed by atoms with van der Waals surface area (Å²) in [4.78, 5) is 24.3. The Hall–Kier alpha value is -1.49. The van der Waals surface area contributed by atoms with Crippen molar-refractivity contribution in [2.45, 2.75) is 29.9 Å². The molecule has 1 aromatic rings. The molecule has 0 fully saturated rings. The second-order valence-electron chi connectivity index (χ2n) is 4.02. The van der Waals surface area contributed by atoms with Crippen molar-refractivity contribution in [2.24, 2.45) is 0 Å². The van der Waals surface area contributed by atoms with Gasteiger partial charge in [-0.3, -0.25) is 9.59 Å². The summed E-state index contributed by atoms with van der Waals surface area (Å²) in [5, 5.41) is 2.41. The fourth-order valence-electron chi connectivity index (χ4n) is 1.65. The molecule has 1 amide bonds. The number of esters is 1. The van der Waals surface area contributed by atoms with Crippen LogP contribution in [0.15, 0.2) is 29.2 Å². The molecule has 5 heteroatoms. The van der Waals surface area contributed by atoms with Gasteiger partial charge in [0.2, 0.25) is 5.91 Å². The summed E-state index contributed by atoms with van der Waals surface area (Å²) in [6, 6.07) is 7.57. The number of ether oxygens (including phenoxy) is 1. The third kappa shape index (κ3) is 3.04. The second-order valence-corrected chi connectivity index (χ2v) is 5.26. The Morgan fingerprint density at radius 3 is 3.00 bits per heavy atom. The Morgan fingerprint density at radius 1 is 1.44 bits per heavy atom. The number of para-hydroxylation sites is 1. The lowest BCUT2D eigenvalue weighted by atomic mass is 10.2. The SMILES string of the molecule is CCCOC(=O)C[C@H]1Sc2ccccc2NC1=O. The average molecular weight is 265 g/mol. The monoisotopic (exact) mass is 265 g/mol. The van der Waals surface area contributed by atoms with Gasteiger partial charge in [0.05, 0.1) is 24.0 Å². The van der Waals surface area contributed by atoms with E-state index in [-0.39, 0.29) is 18.3 Å². The number of amides is 1. The Labute approximate surface area is 110 Å². The minimum atomic E-state index is -0.399. The number of carbonyl (C=O) groups is 2. The van der Waals surface area contributed by atoms with Crippen molar-refractivity contribution in [1.29, 1.82) is 0 Å². The molecule has 4 nitrogen and oxygen atoms in total. The topological polar surface area (TPSA) is 55.4 Å². The molecule has 0 aliphatic carbocycles. The molecule has 18 heavy (non-hydrogen) atoms. The van der Waals surface area contributed by atoms with Crippen LogP contribution in [0, 0.1) is 0 Å². The average Bonchev–Trinajstić information content (AvgIpc) is 2.37. The highest BCUT2D eigenvalue weighted by molar-refractivity contribution is 8.01. The number of anilines is 1. The first-order valence-corrected chi connectivity index (χ1v) is 6.81. The number of fused-ring (bicyclic) bond motifs is 1. The van der Waals surface area contributed by atoms with Crippen molar-refractivity contribution in [1.82, 2.24) is 0 Å². The zero-order chi connectivity index (χ0) is 13.0. The number of carbonyl (C=O) groups excluding carboxylic acids is 2. The normalized spacial score (nSPS) is 17.8. The molecular weight excluding hydrogens is 250 g/mol. The molecular formula is C13H15NO3S. The molecule has 0 spiro atoms. The van der Waals surface area contributed by atoms with Gasteiger partial charge in [-0.15, -0.1) is 11.8 Å². The van der Waals surface area contributed by atoms with E-state index >= 15 is 0 Å². The Balaban J connectivity index is 1.99. The number of rotatable bonds is 4. The van der Waals surface area contributed by atoms with Crippen LogP contribution in [-0.4, -0.2) is 23.7 Å². The minimum absolute atomic E-state index is 0.116. The van der Waals surface area contributed by atoms with E-state index in [4.69, 9.17) is 4.74 Å². The highest BCUT2D eigenvalue weighted by Crippen LogP contribution is 2.36. The van der Waals surface area contributed by atoms with Gasteiger partial charge in [0.15, 0.2) is 0 Å². The van der Waals surface area contributed by atoms with Crippen LogP contribution in [0.25, 0.3) is 0 Å². The summed E-state index contributed by atoms with van der Waals surface area (Å²) in [6.07, 6.45) is 0.906. The van der Waals surface area contributed by atoms with Crippen LogP contribution in [0.3, 0.4) is 0 Å². The second kappa shape index (κ2) is 5.91. The van der Waals surface area contributed by atoms with E-state index < -0.39 is 5.25 Å². The summed E-state index contributed by atoms with van der Waals surface area (Å²) in [7, 11) is 0. The molecule has 1 N–H and O–H groups in total. The lowest BCUT2D eigenvalue weighted by molar-refractivity contribution is -0.144. The molecule has 1 heterocycles. The van der Waals surface area contributed by atoms with Crippen molar-refractivity contribution < 1.29 is 14.3 Å². The molecule has 96 valence electrons. The van der Waals surface area contributed by atoms with Gasteiger partial charge < -0.3 is 10.1 Å². The number of thioether (sulfide) groups is 1. The zero-order valence-corrected chi connectivity index (χ0v) is 11.0. The number of nitrogens with one attached hydrogen (secondary N) is 1. The molecule has 1 aliphatic heterocycles. The molecule has 0 saturated heterocycles. The first-order chi connectivity index (χ1) is 8.70. The van der Waals surface area contributed by atoms with E-state index in [2.05, 4.69) is 5.32 Å². The molecule has 1 aromatic carbocycles. The van der Waals surface area contributed by atoms with Gasteiger partial charge in [-0.25, -0.2) is 0 Å². The summed E-state index contributed by atoms with van der Waals surface area (Å²) >= 11 is 1.41. The maximum atomic E-state index is 11.8. The first-order valence-electron chi connectivity index (χ1n) is 5.93. The summed E-state index contributed by atoms with van der Waals surface area (Å²) < 4.78 is 5.00. The van der Waals surface area contributed by atoms with E-state index in [9.17, 15) is 9.59 Å². The Bertz CT molecular complexity index is 461. The van der Waals surface area contributed by atoms with Crippen molar-refractivity contribution in [3.63, 3.8) is 0 Å². The van der Waals surface area contributed by atoms with E-state index in [1.807, 2.05) is 31.2 Å². The van der Waals surface area contributed by atoms with Crippen molar-refractivity contribution in [2.75, 3.05) is 11.9 Å². The fraction of sp³-hybridized carbons (Fsp3) is 0.385. The van der Waals surface area contributed by atoms with Gasteiger partial charge in [-0.05, 0) is 18.6 Å². The standard InChI is InChI=1S/C13H15NO3S/c1-2-7-17-12(15)8-11-13(16)14-9-5-3-4-6-10(9)18-11/h3-6,11H,2,7-8H2,1H3,(H,14,16)/t11-/m1/s1. The predicted molar refractivity (Wildman–Crippen MR) is 70.6 cm³/mol. The van der Waals surface area contributed by atoms with Crippen LogP contribution >= 0.6 is 11.8 Å². The molecule has 2 rings (SSSR count). The molecule has 0 bridgehead atoms. The Kier molecular flexibility index (Phi) is 4.25. The van der Waals surface area contributed by atoms with Gasteiger partial charge in [-0.2, -0.15) is 0 Å². The van der Waals surface area contributed by atoms with Crippen molar-refractivity contribution in [3.05, 3.63) is 24.3 Å². The fourth-order valence-corrected chi connectivity index (χ4v) is 2.75. The maximum Gasteiger partial charge on any atom is 0.307 e. The van der Waals surface area contributed by atoms with E-state index in [1.165, 1.54) is 11.8 Å². The van der Waals surface area contributed by atoms with Gasteiger partial charge in [-0.1, -0.05) is 19.1 Å². The van der Waals surface area contributed by atoms with Crippen molar-refractivity contribution >= 4 is 29.3 Å². The molecule has 1 atom stereocenters. The van der Waals surface area contributed by atoms with E-state index in [0.29, 0.717) is 6.61 Å². The molecule has 0 unspecified atom stereocenters. The highest BCUT2D eigenvalue weighted by Gasteiger charge is 2.29. The van der Waals surface area contributed by atoms with Crippen LogP contribution in [0.2, 0.25) is 0 Å². The van der Waals surface area contributed by atoms with Crippen molar-refractivity contribution in [3.8, 4) is 0 Å². The minimum Gasteiger partial charge on any atom is -0.466 e. The third-order valence-corrected chi connectivity index (χ3v) is 3.80. The quantitative estimate of drug-likeness (QED) is 0.850. The van der Waals surface area contributed by atoms with Gasteiger partial charge >= 0.3 is 5.97 Å². The first kappa shape index (κ1) is 13.0. The van der Waals surface area contributed by atoms with Gasteiger partial charge in [0.25, 0.3) is 0 Å². The molecule has 1 aliphatic rings. The van der Waals surface area contributed by atoms with Crippen LogP contribution in [-0.2, 0) is 14.3 Å². The largest absolute Gasteiger partial charge is 0.466 e. The number of hydrogen-bond acceptors (Lipinski definition) is 4. The summed E-state index contributed by atoms with van der Waals surface area (Å²) in [6.45, 7) is 2.35.